The predicted octanol–water partition coefficient (Wildman–Crippen LogP) is 4.96. The molecule has 9 heteroatoms. The van der Waals surface area contributed by atoms with E-state index >= 15 is 0 Å². The second-order valence-electron chi connectivity index (χ2n) is 10.5. The van der Waals surface area contributed by atoms with Crippen molar-refractivity contribution in [2.24, 2.45) is 0 Å². The van der Waals surface area contributed by atoms with Gasteiger partial charge in [-0.3, -0.25) is 14.6 Å². The number of likely N-dealkylation sites (tertiary alicyclic amines) is 1. The van der Waals surface area contributed by atoms with Crippen molar-refractivity contribution >= 4 is 22.5 Å². The van der Waals surface area contributed by atoms with Gasteiger partial charge in [0.1, 0.15) is 5.56 Å². The lowest BCUT2D eigenvalue weighted by molar-refractivity contribution is 0.0956. The molecular formula is C33H33F2N5O2. The maximum Gasteiger partial charge on any atom is 0.263 e. The van der Waals surface area contributed by atoms with Crippen LogP contribution < -0.4 is 16.2 Å². The summed E-state index contributed by atoms with van der Waals surface area (Å²) >= 11 is 0. The second kappa shape index (κ2) is 13.0. The molecule has 4 aromatic rings. The Morgan fingerprint density at radius 3 is 2.67 bits per heavy atom. The van der Waals surface area contributed by atoms with E-state index < -0.39 is 29.1 Å². The van der Waals surface area contributed by atoms with E-state index in [1.165, 1.54) is 22.9 Å². The lowest BCUT2D eigenvalue weighted by atomic mass is 10.0. The molecule has 1 aliphatic rings. The van der Waals surface area contributed by atoms with Gasteiger partial charge in [-0.05, 0) is 80.4 Å². The molecule has 0 saturated carbocycles. The molecule has 1 saturated heterocycles. The number of halogens is 2. The number of pyridine rings is 2. The van der Waals surface area contributed by atoms with Crippen molar-refractivity contribution in [3.05, 3.63) is 106 Å². The zero-order valence-electron chi connectivity index (χ0n) is 23.7. The lowest BCUT2D eigenvalue weighted by Gasteiger charge is -2.31. The van der Waals surface area contributed by atoms with E-state index in [4.69, 9.17) is 0 Å². The number of aromatic nitrogens is 2. The van der Waals surface area contributed by atoms with Crippen LogP contribution in [0.3, 0.4) is 0 Å². The van der Waals surface area contributed by atoms with Gasteiger partial charge in [0.25, 0.3) is 11.5 Å². The Morgan fingerprint density at radius 1 is 1.10 bits per heavy atom. The zero-order chi connectivity index (χ0) is 29.6. The summed E-state index contributed by atoms with van der Waals surface area (Å²) in [7, 11) is 0. The minimum Gasteiger partial charge on any atom is -0.381 e. The van der Waals surface area contributed by atoms with Crippen LogP contribution in [0.5, 0.6) is 0 Å². The van der Waals surface area contributed by atoms with Crippen molar-refractivity contribution in [2.45, 2.75) is 38.8 Å². The third-order valence-electron chi connectivity index (χ3n) is 7.72. The van der Waals surface area contributed by atoms with Gasteiger partial charge in [-0.2, -0.15) is 0 Å². The number of fused-ring (bicyclic) bond motifs is 1. The normalized spacial score (nSPS) is 14.7. The number of hydrogen-bond donors (Lipinski definition) is 2. The minimum atomic E-state index is -0.997. The van der Waals surface area contributed by atoms with Crippen molar-refractivity contribution in [1.29, 1.82) is 0 Å². The van der Waals surface area contributed by atoms with Crippen molar-refractivity contribution in [3.8, 4) is 11.8 Å². The van der Waals surface area contributed by atoms with Crippen molar-refractivity contribution in [3.63, 3.8) is 0 Å². The van der Waals surface area contributed by atoms with Gasteiger partial charge in [0.2, 0.25) is 0 Å². The van der Waals surface area contributed by atoms with Crippen LogP contribution in [0.1, 0.15) is 54.2 Å². The Bertz CT molecular complexity index is 1720. The molecule has 3 heterocycles. The molecule has 1 unspecified atom stereocenters. The molecule has 5 rings (SSSR count). The van der Waals surface area contributed by atoms with Gasteiger partial charge in [0.15, 0.2) is 11.6 Å². The second-order valence-corrected chi connectivity index (χ2v) is 10.5. The van der Waals surface area contributed by atoms with Gasteiger partial charge < -0.3 is 20.1 Å². The molecule has 0 spiro atoms. The topological polar surface area (TPSA) is 79.3 Å². The third-order valence-corrected chi connectivity index (χ3v) is 7.72. The van der Waals surface area contributed by atoms with Crippen LogP contribution in [-0.4, -0.2) is 52.6 Å². The monoisotopic (exact) mass is 569 g/mol. The predicted molar refractivity (Wildman–Crippen MR) is 161 cm³/mol. The number of carbonyl (C=O) groups is 1. The number of nitrogens with one attached hydrogen (secondary N) is 2. The number of amides is 1. The highest BCUT2D eigenvalue weighted by molar-refractivity contribution is 5.94. The first kappa shape index (κ1) is 29.0. The SMILES string of the molecule is CCN1CCC(Nc2cnc3ccc(C#CCNC(=O)c4cccn(C(C)c5ccc(F)c(F)c5)c4=O)cc3c2)CC1. The summed E-state index contributed by atoms with van der Waals surface area (Å²) in [6, 6.07) is 14.2. The fourth-order valence-electron chi connectivity index (χ4n) is 5.20. The summed E-state index contributed by atoms with van der Waals surface area (Å²) in [5.41, 5.74) is 2.45. The molecule has 0 bridgehead atoms. The Kier molecular flexibility index (Phi) is 8.94. The first-order valence-corrected chi connectivity index (χ1v) is 14.1. The number of rotatable bonds is 7. The van der Waals surface area contributed by atoms with Crippen LogP contribution in [0.15, 0.2) is 71.8 Å². The van der Waals surface area contributed by atoms with E-state index in [0.29, 0.717) is 11.6 Å². The number of hydrogen-bond acceptors (Lipinski definition) is 5. The lowest BCUT2D eigenvalue weighted by Crippen LogP contribution is -2.38. The highest BCUT2D eigenvalue weighted by Crippen LogP contribution is 2.22. The first-order chi connectivity index (χ1) is 20.3. The average Bonchev–Trinajstić information content (AvgIpc) is 3.00. The molecule has 1 atom stereocenters. The Balaban J connectivity index is 1.22. The average molecular weight is 570 g/mol. The fourth-order valence-corrected chi connectivity index (χ4v) is 5.20. The van der Waals surface area contributed by atoms with E-state index in [9.17, 15) is 18.4 Å². The number of anilines is 1. The third kappa shape index (κ3) is 6.67. The summed E-state index contributed by atoms with van der Waals surface area (Å²) in [4.78, 5) is 32.8. The summed E-state index contributed by atoms with van der Waals surface area (Å²) in [5, 5.41) is 7.26. The Labute approximate surface area is 243 Å². The van der Waals surface area contributed by atoms with E-state index in [-0.39, 0.29) is 12.1 Å². The summed E-state index contributed by atoms with van der Waals surface area (Å²) < 4.78 is 28.4. The van der Waals surface area contributed by atoms with Crippen molar-refractivity contribution < 1.29 is 13.6 Å². The van der Waals surface area contributed by atoms with Crippen molar-refractivity contribution in [1.82, 2.24) is 19.8 Å². The van der Waals surface area contributed by atoms with Gasteiger partial charge in [-0.1, -0.05) is 24.8 Å². The highest BCUT2D eigenvalue weighted by atomic mass is 19.2. The summed E-state index contributed by atoms with van der Waals surface area (Å²) in [6.07, 6.45) is 5.58. The van der Waals surface area contributed by atoms with Crippen LogP contribution in [0.2, 0.25) is 0 Å². The van der Waals surface area contributed by atoms with Gasteiger partial charge in [0.05, 0.1) is 30.0 Å². The molecule has 1 amide bonds. The van der Waals surface area contributed by atoms with Crippen LogP contribution in [0, 0.1) is 23.5 Å². The molecule has 2 N–H and O–H groups in total. The number of nitrogens with zero attached hydrogens (tertiary/aromatic N) is 3. The smallest absolute Gasteiger partial charge is 0.263 e. The van der Waals surface area contributed by atoms with Gasteiger partial charge >= 0.3 is 0 Å². The molecule has 216 valence electrons. The van der Waals surface area contributed by atoms with Gasteiger partial charge in [0, 0.05) is 36.3 Å². The molecule has 2 aromatic heterocycles. The van der Waals surface area contributed by atoms with E-state index in [0.717, 1.165) is 66.8 Å². The fraction of sp³-hybridized carbons (Fsp3) is 0.303. The maximum absolute atomic E-state index is 13.7. The van der Waals surface area contributed by atoms with Crippen LogP contribution >= 0.6 is 0 Å². The molecule has 2 aromatic carbocycles. The van der Waals surface area contributed by atoms with Gasteiger partial charge in [-0.25, -0.2) is 8.78 Å². The Hall–Kier alpha value is -4.55. The van der Waals surface area contributed by atoms with Crippen LogP contribution in [0.25, 0.3) is 10.9 Å². The molecule has 0 radical (unpaired) electrons. The van der Waals surface area contributed by atoms with E-state index in [1.54, 1.807) is 13.0 Å². The highest BCUT2D eigenvalue weighted by Gasteiger charge is 2.18. The summed E-state index contributed by atoms with van der Waals surface area (Å²) in [6.45, 7) is 7.20. The standard InChI is InChI=1S/C33H33F2N5O2/c1-3-39-16-12-26(13-17-39)38-27-19-25-18-23(8-11-31(25)37-21-27)6-4-14-36-32(41)28-7-5-15-40(33(28)42)22(2)24-9-10-29(34)30(35)20-24/h5,7-11,15,18-22,26,38H,3,12-14,16-17H2,1-2H3,(H,36,41). The van der Waals surface area contributed by atoms with Crippen LogP contribution in [-0.2, 0) is 0 Å². The molecule has 0 aliphatic carbocycles. The van der Waals surface area contributed by atoms with E-state index in [2.05, 4.69) is 45.3 Å². The number of carbonyl (C=O) groups excluding carboxylic acids is 1. The molecule has 42 heavy (non-hydrogen) atoms. The minimum absolute atomic E-state index is 0.0419. The number of benzene rings is 2. The summed E-state index contributed by atoms with van der Waals surface area (Å²) in [5.74, 6) is 3.48. The molecule has 1 fully saturated rings. The van der Waals surface area contributed by atoms with Crippen LogP contribution in [0.4, 0.5) is 14.5 Å². The van der Waals surface area contributed by atoms with Crippen molar-refractivity contribution in [2.75, 3.05) is 31.5 Å². The Morgan fingerprint density at radius 2 is 1.90 bits per heavy atom. The zero-order valence-corrected chi connectivity index (χ0v) is 23.7. The molecule has 7 nitrogen and oxygen atoms in total. The first-order valence-electron chi connectivity index (χ1n) is 14.1. The van der Waals surface area contributed by atoms with Gasteiger partial charge in [-0.15, -0.1) is 0 Å². The molecular weight excluding hydrogens is 536 g/mol. The largest absolute Gasteiger partial charge is 0.381 e. The quantitative estimate of drug-likeness (QED) is 0.308. The van der Waals surface area contributed by atoms with E-state index in [1.807, 2.05) is 24.4 Å². The maximum atomic E-state index is 13.7. The number of piperidine rings is 1. The molecule has 1 aliphatic heterocycles.